The third-order valence-electron chi connectivity index (χ3n) is 3.25. The lowest BCUT2D eigenvalue weighted by Crippen LogP contribution is -2.23. The highest BCUT2D eigenvalue weighted by molar-refractivity contribution is 5.70. The van der Waals surface area contributed by atoms with E-state index in [1.54, 1.807) is 0 Å². The molecule has 0 spiro atoms. The second-order valence-corrected chi connectivity index (χ2v) is 4.37. The van der Waals surface area contributed by atoms with Crippen molar-refractivity contribution in [1.29, 1.82) is 0 Å². The summed E-state index contributed by atoms with van der Waals surface area (Å²) in [6.07, 6.45) is 4.01. The molecule has 14 heavy (non-hydrogen) atoms. The van der Waals surface area contributed by atoms with Crippen molar-refractivity contribution in [2.45, 2.75) is 32.6 Å². The fourth-order valence-corrected chi connectivity index (χ4v) is 2.34. The summed E-state index contributed by atoms with van der Waals surface area (Å²) in [6, 6.07) is 0. The monoisotopic (exact) mass is 199 g/mol. The molecule has 3 heteroatoms. The average Bonchev–Trinajstić information content (AvgIpc) is 2.29. The average molecular weight is 199 g/mol. The molecule has 2 atom stereocenters. The predicted molar refractivity (Wildman–Crippen MR) is 56.3 cm³/mol. The maximum absolute atomic E-state index is 11.1. The van der Waals surface area contributed by atoms with Gasteiger partial charge in [-0.05, 0) is 45.3 Å². The van der Waals surface area contributed by atoms with E-state index < -0.39 is 5.97 Å². The summed E-state index contributed by atoms with van der Waals surface area (Å²) in [7, 11) is 2.08. The first-order valence-electron chi connectivity index (χ1n) is 5.56. The Balaban J connectivity index is 2.60. The molecule has 1 N–H and O–H groups in total. The van der Waals surface area contributed by atoms with Gasteiger partial charge in [-0.2, -0.15) is 0 Å². The maximum Gasteiger partial charge on any atom is 0.306 e. The third-order valence-corrected chi connectivity index (χ3v) is 3.25. The number of hydrogen-bond acceptors (Lipinski definition) is 2. The Hall–Kier alpha value is -0.570. The number of nitrogens with zero attached hydrogens (tertiary/aromatic N) is 1. The van der Waals surface area contributed by atoms with Gasteiger partial charge in [-0.25, -0.2) is 0 Å². The lowest BCUT2D eigenvalue weighted by atomic mass is 9.85. The van der Waals surface area contributed by atoms with Crippen LogP contribution in [0.4, 0.5) is 0 Å². The van der Waals surface area contributed by atoms with Crippen LogP contribution in [-0.2, 0) is 4.79 Å². The van der Waals surface area contributed by atoms with Gasteiger partial charge in [0.05, 0.1) is 5.92 Å². The second kappa shape index (κ2) is 5.35. The van der Waals surface area contributed by atoms with Crippen LogP contribution >= 0.6 is 0 Å². The van der Waals surface area contributed by atoms with Gasteiger partial charge in [-0.1, -0.05) is 13.3 Å². The molecule has 0 radical (unpaired) electrons. The van der Waals surface area contributed by atoms with E-state index in [1.807, 2.05) is 0 Å². The zero-order valence-electron chi connectivity index (χ0n) is 9.20. The van der Waals surface area contributed by atoms with E-state index >= 15 is 0 Å². The number of carboxylic acid groups (broad SMARTS) is 1. The molecule has 1 heterocycles. The van der Waals surface area contributed by atoms with Crippen molar-refractivity contribution in [2.24, 2.45) is 11.8 Å². The Morgan fingerprint density at radius 2 is 2.07 bits per heavy atom. The Morgan fingerprint density at radius 1 is 1.43 bits per heavy atom. The van der Waals surface area contributed by atoms with Crippen molar-refractivity contribution in [2.75, 3.05) is 20.1 Å². The molecule has 0 amide bonds. The van der Waals surface area contributed by atoms with Gasteiger partial charge in [0.1, 0.15) is 0 Å². The molecule has 2 unspecified atom stereocenters. The van der Waals surface area contributed by atoms with Crippen LogP contribution in [0, 0.1) is 11.8 Å². The standard InChI is InChI=1S/C11H21NO2/c1-3-4-9-5-7-12(2)8-6-10(9)11(13)14/h9-10H,3-8H2,1-2H3,(H,13,14). The molecular weight excluding hydrogens is 178 g/mol. The van der Waals surface area contributed by atoms with Gasteiger partial charge in [0.25, 0.3) is 0 Å². The molecule has 1 fully saturated rings. The van der Waals surface area contributed by atoms with Crippen molar-refractivity contribution in [3.63, 3.8) is 0 Å². The van der Waals surface area contributed by atoms with Gasteiger partial charge >= 0.3 is 5.97 Å². The van der Waals surface area contributed by atoms with Crippen molar-refractivity contribution < 1.29 is 9.90 Å². The van der Waals surface area contributed by atoms with E-state index in [-0.39, 0.29) is 5.92 Å². The summed E-state index contributed by atoms with van der Waals surface area (Å²) in [5.74, 6) is -0.318. The highest BCUT2D eigenvalue weighted by Gasteiger charge is 2.29. The van der Waals surface area contributed by atoms with E-state index in [1.165, 1.54) is 0 Å². The van der Waals surface area contributed by atoms with E-state index in [0.717, 1.165) is 38.8 Å². The Morgan fingerprint density at radius 3 is 2.64 bits per heavy atom. The normalized spacial score (nSPS) is 29.9. The van der Waals surface area contributed by atoms with Crippen LogP contribution in [-0.4, -0.2) is 36.1 Å². The molecule has 0 aromatic carbocycles. The minimum absolute atomic E-state index is 0.111. The van der Waals surface area contributed by atoms with Crippen LogP contribution in [0.3, 0.4) is 0 Å². The zero-order valence-corrected chi connectivity index (χ0v) is 9.20. The predicted octanol–water partition coefficient (Wildman–Crippen LogP) is 1.83. The molecule has 1 saturated heterocycles. The van der Waals surface area contributed by atoms with Crippen LogP contribution in [0.15, 0.2) is 0 Å². The molecule has 1 rings (SSSR count). The van der Waals surface area contributed by atoms with E-state index in [0.29, 0.717) is 5.92 Å². The number of carboxylic acids is 1. The summed E-state index contributed by atoms with van der Waals surface area (Å²) in [4.78, 5) is 13.3. The first kappa shape index (κ1) is 11.5. The zero-order chi connectivity index (χ0) is 10.6. The third kappa shape index (κ3) is 2.98. The summed E-state index contributed by atoms with van der Waals surface area (Å²) in [5.41, 5.74) is 0. The van der Waals surface area contributed by atoms with Crippen molar-refractivity contribution in [1.82, 2.24) is 4.90 Å². The maximum atomic E-state index is 11.1. The fraction of sp³-hybridized carbons (Fsp3) is 0.909. The van der Waals surface area contributed by atoms with Gasteiger partial charge < -0.3 is 10.0 Å². The van der Waals surface area contributed by atoms with Gasteiger partial charge in [0.2, 0.25) is 0 Å². The van der Waals surface area contributed by atoms with Gasteiger partial charge in [0.15, 0.2) is 0 Å². The smallest absolute Gasteiger partial charge is 0.306 e. The van der Waals surface area contributed by atoms with Crippen LogP contribution in [0.25, 0.3) is 0 Å². The first-order valence-corrected chi connectivity index (χ1v) is 5.56. The topological polar surface area (TPSA) is 40.5 Å². The Kier molecular flexibility index (Phi) is 4.39. The molecule has 0 aromatic rings. The summed E-state index contributed by atoms with van der Waals surface area (Å²) in [5, 5.41) is 9.13. The first-order chi connectivity index (χ1) is 6.65. The number of carbonyl (C=O) groups is 1. The lowest BCUT2D eigenvalue weighted by molar-refractivity contribution is -0.143. The number of rotatable bonds is 3. The Bertz CT molecular complexity index is 194. The van der Waals surface area contributed by atoms with Crippen LogP contribution in [0.1, 0.15) is 32.6 Å². The number of likely N-dealkylation sites (tertiary alicyclic amines) is 1. The summed E-state index contributed by atoms with van der Waals surface area (Å²) < 4.78 is 0. The lowest BCUT2D eigenvalue weighted by Gasteiger charge is -2.19. The number of aliphatic carboxylic acids is 1. The summed E-state index contributed by atoms with van der Waals surface area (Å²) in [6.45, 7) is 4.11. The van der Waals surface area contributed by atoms with Gasteiger partial charge in [-0.3, -0.25) is 4.79 Å². The van der Waals surface area contributed by atoms with Crippen molar-refractivity contribution in [3.05, 3.63) is 0 Å². The molecule has 1 aliphatic heterocycles. The highest BCUT2D eigenvalue weighted by Crippen LogP contribution is 2.27. The quantitative estimate of drug-likeness (QED) is 0.754. The molecule has 0 saturated carbocycles. The highest BCUT2D eigenvalue weighted by atomic mass is 16.4. The number of hydrogen-bond donors (Lipinski definition) is 1. The van der Waals surface area contributed by atoms with Crippen LogP contribution < -0.4 is 0 Å². The van der Waals surface area contributed by atoms with Gasteiger partial charge in [0, 0.05) is 0 Å². The van der Waals surface area contributed by atoms with Crippen LogP contribution in [0.2, 0.25) is 0 Å². The SMILES string of the molecule is CCCC1CCN(C)CCC1C(=O)O. The second-order valence-electron chi connectivity index (χ2n) is 4.37. The molecular formula is C11H21NO2. The van der Waals surface area contributed by atoms with E-state index in [4.69, 9.17) is 5.11 Å². The molecule has 0 aromatic heterocycles. The Labute approximate surface area is 86.1 Å². The minimum atomic E-state index is -0.598. The molecule has 0 bridgehead atoms. The van der Waals surface area contributed by atoms with Crippen molar-refractivity contribution in [3.8, 4) is 0 Å². The van der Waals surface area contributed by atoms with Crippen LogP contribution in [0.5, 0.6) is 0 Å². The van der Waals surface area contributed by atoms with E-state index in [2.05, 4.69) is 18.9 Å². The molecule has 0 aliphatic carbocycles. The molecule has 3 nitrogen and oxygen atoms in total. The van der Waals surface area contributed by atoms with Gasteiger partial charge in [-0.15, -0.1) is 0 Å². The minimum Gasteiger partial charge on any atom is -0.481 e. The van der Waals surface area contributed by atoms with E-state index in [9.17, 15) is 4.79 Å². The molecule has 1 aliphatic rings. The van der Waals surface area contributed by atoms with Crippen molar-refractivity contribution >= 4 is 5.97 Å². The molecule has 82 valence electrons. The fourth-order valence-electron chi connectivity index (χ4n) is 2.34. The largest absolute Gasteiger partial charge is 0.481 e. The summed E-state index contributed by atoms with van der Waals surface area (Å²) >= 11 is 0.